The second-order valence-electron chi connectivity index (χ2n) is 2.46. The van der Waals surface area contributed by atoms with E-state index in [4.69, 9.17) is 9.84 Å². The Bertz CT molecular complexity index is 305. The van der Waals surface area contributed by atoms with Crippen LogP contribution in [0, 0.1) is 6.92 Å². The summed E-state index contributed by atoms with van der Waals surface area (Å²) in [5, 5.41) is 8.80. The minimum absolute atomic E-state index is 0.236. The Labute approximate surface area is 84.3 Å². The third-order valence-corrected chi connectivity index (χ3v) is 1.67. The van der Waals surface area contributed by atoms with Crippen LogP contribution in [0.3, 0.4) is 0 Å². The lowest BCUT2D eigenvalue weighted by atomic mass is 10.1. The minimum Gasteiger partial charge on any atom is -0.496 e. The summed E-state index contributed by atoms with van der Waals surface area (Å²) in [5.41, 5.74) is 0.946. The van der Waals surface area contributed by atoms with Gasteiger partial charge in [0.25, 0.3) is 0 Å². The van der Waals surface area contributed by atoms with E-state index in [-0.39, 0.29) is 5.56 Å². The summed E-state index contributed by atoms with van der Waals surface area (Å²) >= 11 is 0. The minimum atomic E-state index is -0.954. The van der Waals surface area contributed by atoms with Crippen LogP contribution in [-0.4, -0.2) is 18.2 Å². The van der Waals surface area contributed by atoms with E-state index in [2.05, 4.69) is 0 Å². The van der Waals surface area contributed by atoms with Crippen LogP contribution in [0.2, 0.25) is 0 Å². The lowest BCUT2D eigenvalue weighted by Gasteiger charge is -2.06. The van der Waals surface area contributed by atoms with E-state index in [0.29, 0.717) is 11.3 Å². The molecular weight excluding hydrogens is 180 g/mol. The summed E-state index contributed by atoms with van der Waals surface area (Å²) in [4.78, 5) is 10.7. The van der Waals surface area contributed by atoms with E-state index in [1.807, 2.05) is 13.8 Å². The lowest BCUT2D eigenvalue weighted by molar-refractivity contribution is 0.0692. The number of benzene rings is 1. The van der Waals surface area contributed by atoms with E-state index in [9.17, 15) is 4.79 Å². The Kier molecular flexibility index (Phi) is 5.37. The van der Waals surface area contributed by atoms with Crippen molar-refractivity contribution in [3.8, 4) is 5.75 Å². The highest BCUT2D eigenvalue weighted by Gasteiger charge is 2.12. The molecule has 0 aromatic heterocycles. The molecule has 0 fully saturated rings. The second-order valence-corrected chi connectivity index (χ2v) is 2.46. The second kappa shape index (κ2) is 6.02. The molecule has 0 saturated heterocycles. The number of rotatable bonds is 2. The monoisotopic (exact) mass is 196 g/mol. The Hall–Kier alpha value is -1.51. The number of carbonyl (C=O) groups is 1. The van der Waals surface area contributed by atoms with Crippen LogP contribution in [0.5, 0.6) is 5.75 Å². The molecule has 0 aliphatic rings. The predicted octanol–water partition coefficient (Wildman–Crippen LogP) is 2.73. The Morgan fingerprint density at radius 2 is 1.93 bits per heavy atom. The molecule has 3 nitrogen and oxygen atoms in total. The van der Waals surface area contributed by atoms with E-state index in [1.54, 1.807) is 25.1 Å². The van der Waals surface area contributed by atoms with Gasteiger partial charge in [-0.3, -0.25) is 0 Å². The topological polar surface area (TPSA) is 46.5 Å². The van der Waals surface area contributed by atoms with Crippen LogP contribution in [0.1, 0.15) is 29.8 Å². The number of hydrogen-bond donors (Lipinski definition) is 1. The van der Waals surface area contributed by atoms with Crippen LogP contribution in [0.25, 0.3) is 0 Å². The third-order valence-electron chi connectivity index (χ3n) is 1.67. The zero-order valence-electron chi connectivity index (χ0n) is 9.00. The number of aromatic carboxylic acids is 1. The van der Waals surface area contributed by atoms with Gasteiger partial charge in [-0.05, 0) is 18.6 Å². The van der Waals surface area contributed by atoms with Gasteiger partial charge in [-0.2, -0.15) is 0 Å². The highest BCUT2D eigenvalue weighted by molar-refractivity contribution is 5.92. The van der Waals surface area contributed by atoms with Crippen molar-refractivity contribution in [3.63, 3.8) is 0 Å². The quantitative estimate of drug-likeness (QED) is 0.791. The number of carboxylic acids is 1. The molecule has 0 spiro atoms. The first-order valence-corrected chi connectivity index (χ1v) is 4.53. The first-order chi connectivity index (χ1) is 6.66. The molecular formula is C11H16O3. The Morgan fingerprint density at radius 1 is 1.36 bits per heavy atom. The first-order valence-electron chi connectivity index (χ1n) is 4.53. The van der Waals surface area contributed by atoms with Crippen molar-refractivity contribution < 1.29 is 14.6 Å². The lowest BCUT2D eigenvalue weighted by Crippen LogP contribution is -2.02. The number of methoxy groups -OCH3 is 1. The fourth-order valence-electron chi connectivity index (χ4n) is 1.09. The molecule has 0 aliphatic carbocycles. The molecule has 0 atom stereocenters. The zero-order valence-corrected chi connectivity index (χ0v) is 9.00. The van der Waals surface area contributed by atoms with Gasteiger partial charge in [-0.15, -0.1) is 0 Å². The predicted molar refractivity (Wildman–Crippen MR) is 56.0 cm³/mol. The van der Waals surface area contributed by atoms with Gasteiger partial charge in [-0.1, -0.05) is 26.0 Å². The van der Waals surface area contributed by atoms with Gasteiger partial charge in [0.15, 0.2) is 0 Å². The van der Waals surface area contributed by atoms with Gasteiger partial charge in [0.1, 0.15) is 11.3 Å². The van der Waals surface area contributed by atoms with Gasteiger partial charge >= 0.3 is 5.97 Å². The van der Waals surface area contributed by atoms with Gasteiger partial charge < -0.3 is 9.84 Å². The van der Waals surface area contributed by atoms with E-state index < -0.39 is 5.97 Å². The standard InChI is InChI=1S/C9H10O3.C2H6/c1-6-4-3-5-7(12-2)8(6)9(10)11;1-2/h3-5H,1-2H3,(H,10,11);1-2H3. The number of ether oxygens (including phenoxy) is 1. The Morgan fingerprint density at radius 3 is 2.29 bits per heavy atom. The third kappa shape index (κ3) is 2.76. The summed E-state index contributed by atoms with van der Waals surface area (Å²) in [5.74, 6) is -0.549. The fourth-order valence-corrected chi connectivity index (χ4v) is 1.09. The number of hydrogen-bond acceptors (Lipinski definition) is 2. The molecule has 0 radical (unpaired) electrons. The Balaban J connectivity index is 0.000000791. The smallest absolute Gasteiger partial charge is 0.339 e. The van der Waals surface area contributed by atoms with Crippen molar-refractivity contribution in [2.75, 3.05) is 7.11 Å². The SMILES string of the molecule is CC.COc1cccc(C)c1C(=O)O. The molecule has 0 heterocycles. The molecule has 0 saturated carbocycles. The van der Waals surface area contributed by atoms with Crippen LogP contribution in [-0.2, 0) is 0 Å². The van der Waals surface area contributed by atoms with Crippen molar-refractivity contribution in [2.45, 2.75) is 20.8 Å². The summed E-state index contributed by atoms with van der Waals surface area (Å²) in [6.45, 7) is 5.74. The summed E-state index contributed by atoms with van der Waals surface area (Å²) in [6.07, 6.45) is 0. The molecule has 1 rings (SSSR count). The molecule has 0 aliphatic heterocycles. The van der Waals surface area contributed by atoms with E-state index in [0.717, 1.165) is 0 Å². The van der Waals surface area contributed by atoms with Crippen molar-refractivity contribution in [1.29, 1.82) is 0 Å². The zero-order chi connectivity index (χ0) is 11.1. The van der Waals surface area contributed by atoms with Crippen LogP contribution >= 0.6 is 0 Å². The van der Waals surface area contributed by atoms with Crippen LogP contribution in [0.15, 0.2) is 18.2 Å². The van der Waals surface area contributed by atoms with Crippen LogP contribution in [0.4, 0.5) is 0 Å². The van der Waals surface area contributed by atoms with Crippen molar-refractivity contribution in [1.82, 2.24) is 0 Å². The summed E-state index contributed by atoms with van der Waals surface area (Å²) in [6, 6.07) is 5.14. The largest absolute Gasteiger partial charge is 0.496 e. The molecule has 0 unspecified atom stereocenters. The van der Waals surface area contributed by atoms with Gasteiger partial charge in [-0.25, -0.2) is 4.79 Å². The normalized spacial score (nSPS) is 8.57. The van der Waals surface area contributed by atoms with E-state index >= 15 is 0 Å². The molecule has 3 heteroatoms. The molecule has 0 bridgehead atoms. The maximum atomic E-state index is 10.7. The fraction of sp³-hybridized carbons (Fsp3) is 0.364. The first kappa shape index (κ1) is 12.5. The van der Waals surface area contributed by atoms with Crippen molar-refractivity contribution in [2.24, 2.45) is 0 Å². The van der Waals surface area contributed by atoms with Gasteiger partial charge in [0.05, 0.1) is 7.11 Å². The highest BCUT2D eigenvalue weighted by atomic mass is 16.5. The molecule has 1 aromatic rings. The summed E-state index contributed by atoms with van der Waals surface area (Å²) < 4.78 is 4.91. The molecule has 78 valence electrons. The maximum Gasteiger partial charge on any atom is 0.339 e. The number of aryl methyl sites for hydroxylation is 1. The highest BCUT2D eigenvalue weighted by Crippen LogP contribution is 2.20. The maximum absolute atomic E-state index is 10.7. The average Bonchev–Trinajstić information content (AvgIpc) is 2.19. The van der Waals surface area contributed by atoms with Crippen molar-refractivity contribution >= 4 is 5.97 Å². The molecule has 0 amide bonds. The van der Waals surface area contributed by atoms with Crippen LogP contribution < -0.4 is 4.74 Å². The van der Waals surface area contributed by atoms with Crippen molar-refractivity contribution in [3.05, 3.63) is 29.3 Å². The van der Waals surface area contributed by atoms with E-state index in [1.165, 1.54) is 7.11 Å². The average molecular weight is 196 g/mol. The molecule has 1 aromatic carbocycles. The molecule has 14 heavy (non-hydrogen) atoms. The molecule has 1 N–H and O–H groups in total. The van der Waals surface area contributed by atoms with Gasteiger partial charge in [0.2, 0.25) is 0 Å². The number of carboxylic acid groups (broad SMARTS) is 1. The van der Waals surface area contributed by atoms with Gasteiger partial charge in [0, 0.05) is 0 Å². The summed E-state index contributed by atoms with van der Waals surface area (Å²) in [7, 11) is 1.46.